The molecule has 1 atom stereocenters. The lowest BCUT2D eigenvalue weighted by Crippen LogP contribution is -2.17. The molecule has 2 aromatic rings. The molecule has 2 rings (SSSR count). The lowest BCUT2D eigenvalue weighted by molar-refractivity contribution is 0.0474. The molecule has 1 aromatic heterocycles. The molecule has 0 saturated heterocycles. The van der Waals surface area contributed by atoms with E-state index in [2.05, 4.69) is 0 Å². The van der Waals surface area contributed by atoms with Gasteiger partial charge in [0.1, 0.15) is 0 Å². The number of rotatable bonds is 9. The molecule has 1 aromatic carbocycles. The Bertz CT molecular complexity index is 989. The molecule has 0 radical (unpaired) electrons. The minimum absolute atomic E-state index is 0.0783. The average molecular weight is 422 g/mol. The molecule has 0 aliphatic carbocycles. The number of methoxy groups -OCH3 is 1. The maximum atomic E-state index is 12.6. The Morgan fingerprint density at radius 3 is 2.31 bits per heavy atom. The van der Waals surface area contributed by atoms with Gasteiger partial charge in [0, 0.05) is 30.3 Å². The van der Waals surface area contributed by atoms with Crippen molar-refractivity contribution in [3.8, 4) is 0 Å². The number of nitrogens with zero attached hydrogens (tertiary/aromatic N) is 1. The summed E-state index contributed by atoms with van der Waals surface area (Å²) in [7, 11) is -1.52. The van der Waals surface area contributed by atoms with E-state index in [0.29, 0.717) is 17.7 Å². The van der Waals surface area contributed by atoms with Crippen LogP contribution in [0, 0.1) is 13.8 Å². The van der Waals surface area contributed by atoms with Crippen molar-refractivity contribution in [2.75, 3.05) is 26.6 Å². The van der Waals surface area contributed by atoms with Crippen LogP contribution in [-0.2, 0) is 25.1 Å². The van der Waals surface area contributed by atoms with Crippen molar-refractivity contribution < 1.29 is 27.5 Å². The van der Waals surface area contributed by atoms with Crippen molar-refractivity contribution in [3.63, 3.8) is 0 Å². The van der Waals surface area contributed by atoms with Gasteiger partial charge in [0.25, 0.3) is 0 Å². The summed E-state index contributed by atoms with van der Waals surface area (Å²) in [6.45, 7) is 5.93. The summed E-state index contributed by atoms with van der Waals surface area (Å²) in [6, 6.07) is 7.97. The summed E-state index contributed by atoms with van der Waals surface area (Å²) in [6.07, 6.45) is 1.15. The second-order valence-corrected chi connectivity index (χ2v) is 9.37. The Morgan fingerprint density at radius 2 is 1.76 bits per heavy atom. The molecule has 29 heavy (non-hydrogen) atoms. The molecule has 0 spiro atoms. The molecule has 0 aliphatic rings. The minimum Gasteiger partial charge on any atom is -0.454 e. The highest BCUT2D eigenvalue weighted by molar-refractivity contribution is 7.89. The van der Waals surface area contributed by atoms with E-state index in [0.717, 1.165) is 17.6 Å². The Hall–Kier alpha value is -2.45. The van der Waals surface area contributed by atoms with E-state index in [9.17, 15) is 18.0 Å². The van der Waals surface area contributed by atoms with Gasteiger partial charge in [0.05, 0.1) is 24.0 Å². The van der Waals surface area contributed by atoms with E-state index in [1.807, 2.05) is 25.3 Å². The summed E-state index contributed by atoms with van der Waals surface area (Å²) in [5.41, 5.74) is 3.09. The van der Waals surface area contributed by atoms with Gasteiger partial charge in [0.2, 0.25) is 5.78 Å². The summed E-state index contributed by atoms with van der Waals surface area (Å²) in [4.78, 5) is 24.8. The van der Waals surface area contributed by atoms with E-state index >= 15 is 0 Å². The molecule has 0 bridgehead atoms. The van der Waals surface area contributed by atoms with Crippen LogP contribution in [0.4, 0.5) is 0 Å². The first-order chi connectivity index (χ1) is 13.5. The molecular weight excluding hydrogens is 394 g/mol. The second-order valence-electron chi connectivity index (χ2n) is 7.23. The number of Topliss-reactive ketones (excluding diaryl/α,β-unsaturated/α-hetero) is 1. The number of carbonyl (C=O) groups excluding carboxylic acids is 2. The fourth-order valence-electron chi connectivity index (χ4n) is 3.39. The highest BCUT2D eigenvalue weighted by atomic mass is 32.2. The van der Waals surface area contributed by atoms with E-state index in [4.69, 9.17) is 9.47 Å². The predicted molar refractivity (Wildman–Crippen MR) is 110 cm³/mol. The van der Waals surface area contributed by atoms with Gasteiger partial charge < -0.3 is 14.0 Å². The number of hydrogen-bond acceptors (Lipinski definition) is 6. The predicted octanol–water partition coefficient (Wildman–Crippen LogP) is 2.90. The first-order valence-corrected chi connectivity index (χ1v) is 11.2. The fourth-order valence-corrected chi connectivity index (χ4v) is 4.18. The lowest BCUT2D eigenvalue weighted by atomic mass is 10.1. The Morgan fingerprint density at radius 1 is 1.14 bits per heavy atom. The number of carbonyl (C=O) groups is 2. The van der Waals surface area contributed by atoms with Gasteiger partial charge in [-0.25, -0.2) is 13.2 Å². The summed E-state index contributed by atoms with van der Waals surface area (Å²) in [5, 5.41) is 0. The number of ketones is 1. The standard InChI is InChI=1S/C21H27NO6S/c1-14-10-19(16(3)22(14)15(2)11-27-4)20(23)12-28-21(24)18-8-6-17(7-9-18)13-29(5,25)26/h6-10,15H,11-13H2,1-5H3/t15-/m1/s1. The first-order valence-electron chi connectivity index (χ1n) is 9.18. The van der Waals surface area contributed by atoms with E-state index < -0.39 is 15.8 Å². The van der Waals surface area contributed by atoms with Crippen LogP contribution < -0.4 is 0 Å². The molecule has 0 amide bonds. The van der Waals surface area contributed by atoms with Gasteiger partial charge in [0.15, 0.2) is 16.4 Å². The van der Waals surface area contributed by atoms with Crippen LogP contribution in [0.2, 0.25) is 0 Å². The quantitative estimate of drug-likeness (QED) is 0.457. The van der Waals surface area contributed by atoms with Gasteiger partial charge in [-0.15, -0.1) is 0 Å². The van der Waals surface area contributed by atoms with Crippen LogP contribution in [-0.4, -0.2) is 51.3 Å². The number of sulfone groups is 1. The Labute approximate surface area is 171 Å². The molecule has 0 saturated carbocycles. The van der Waals surface area contributed by atoms with Gasteiger partial charge in [-0.2, -0.15) is 0 Å². The van der Waals surface area contributed by atoms with E-state index in [1.165, 1.54) is 12.1 Å². The highest BCUT2D eigenvalue weighted by Crippen LogP contribution is 2.21. The zero-order chi connectivity index (χ0) is 21.8. The number of benzene rings is 1. The number of aromatic nitrogens is 1. The zero-order valence-electron chi connectivity index (χ0n) is 17.4. The van der Waals surface area contributed by atoms with Crippen LogP contribution >= 0.6 is 0 Å². The number of hydrogen-bond donors (Lipinski definition) is 0. The average Bonchev–Trinajstić information content (AvgIpc) is 2.93. The fraction of sp³-hybridized carbons (Fsp3) is 0.429. The van der Waals surface area contributed by atoms with Crippen LogP contribution in [0.3, 0.4) is 0 Å². The molecule has 1 heterocycles. The molecule has 7 nitrogen and oxygen atoms in total. The van der Waals surface area contributed by atoms with Crippen LogP contribution in [0.1, 0.15) is 50.6 Å². The Kier molecular flexibility index (Phi) is 7.37. The number of ether oxygens (including phenoxy) is 2. The van der Waals surface area contributed by atoms with Gasteiger partial charge in [-0.05, 0) is 44.5 Å². The van der Waals surface area contributed by atoms with Crippen molar-refractivity contribution in [1.82, 2.24) is 4.57 Å². The minimum atomic E-state index is -3.15. The monoisotopic (exact) mass is 421 g/mol. The molecule has 0 N–H and O–H groups in total. The molecule has 158 valence electrons. The highest BCUT2D eigenvalue weighted by Gasteiger charge is 2.20. The SMILES string of the molecule is COC[C@@H](C)n1c(C)cc(C(=O)COC(=O)c2ccc(CS(C)(=O)=O)cc2)c1C. The van der Waals surface area contributed by atoms with Crippen molar-refractivity contribution in [2.45, 2.75) is 32.6 Å². The maximum absolute atomic E-state index is 12.6. The molecular formula is C21H27NO6S. The topological polar surface area (TPSA) is 91.7 Å². The number of esters is 1. The first kappa shape index (κ1) is 22.8. The van der Waals surface area contributed by atoms with E-state index in [1.54, 1.807) is 25.3 Å². The largest absolute Gasteiger partial charge is 0.454 e. The van der Waals surface area contributed by atoms with Gasteiger partial charge in [-0.1, -0.05) is 12.1 Å². The number of aryl methyl sites for hydroxylation is 1. The maximum Gasteiger partial charge on any atom is 0.338 e. The van der Waals surface area contributed by atoms with Crippen molar-refractivity contribution >= 4 is 21.6 Å². The van der Waals surface area contributed by atoms with Crippen LogP contribution in [0.15, 0.2) is 30.3 Å². The van der Waals surface area contributed by atoms with Crippen LogP contribution in [0.5, 0.6) is 0 Å². The lowest BCUT2D eigenvalue weighted by Gasteiger charge is -2.17. The normalized spacial score (nSPS) is 12.6. The second kappa shape index (κ2) is 9.37. The molecule has 0 aliphatic heterocycles. The van der Waals surface area contributed by atoms with E-state index in [-0.39, 0.29) is 29.7 Å². The van der Waals surface area contributed by atoms with Gasteiger partial charge >= 0.3 is 5.97 Å². The smallest absolute Gasteiger partial charge is 0.338 e. The summed E-state index contributed by atoms with van der Waals surface area (Å²) < 4.78 is 35.0. The zero-order valence-corrected chi connectivity index (χ0v) is 18.2. The molecule has 0 unspecified atom stereocenters. The Balaban J connectivity index is 2.04. The van der Waals surface area contributed by atoms with Gasteiger partial charge in [-0.3, -0.25) is 4.79 Å². The molecule has 0 fully saturated rings. The van der Waals surface area contributed by atoms with Crippen LogP contribution in [0.25, 0.3) is 0 Å². The van der Waals surface area contributed by atoms with Crippen molar-refractivity contribution in [3.05, 3.63) is 58.4 Å². The summed E-state index contributed by atoms with van der Waals surface area (Å²) in [5.74, 6) is -1.01. The third-order valence-corrected chi connectivity index (χ3v) is 5.44. The molecule has 8 heteroatoms. The third-order valence-electron chi connectivity index (χ3n) is 4.59. The summed E-state index contributed by atoms with van der Waals surface area (Å²) >= 11 is 0. The third kappa shape index (κ3) is 6.01. The van der Waals surface area contributed by atoms with Crippen molar-refractivity contribution in [1.29, 1.82) is 0 Å². The van der Waals surface area contributed by atoms with Crippen molar-refractivity contribution in [2.24, 2.45) is 0 Å².